The van der Waals surface area contributed by atoms with Gasteiger partial charge >= 0.3 is 5.97 Å². The Morgan fingerprint density at radius 1 is 1.16 bits per heavy atom. The summed E-state index contributed by atoms with van der Waals surface area (Å²) in [7, 11) is 0. The number of rotatable bonds is 6. The van der Waals surface area contributed by atoms with Crippen LogP contribution in [-0.2, 0) is 14.2 Å². The van der Waals surface area contributed by atoms with Gasteiger partial charge in [0.25, 0.3) is 0 Å². The van der Waals surface area contributed by atoms with Crippen LogP contribution in [-0.4, -0.2) is 36.0 Å². The highest BCUT2D eigenvalue weighted by Gasteiger charge is 2.52. The zero-order chi connectivity index (χ0) is 22.7. The zero-order valence-electron chi connectivity index (χ0n) is 19.7. The molecule has 3 aliphatic rings. The summed E-state index contributed by atoms with van der Waals surface area (Å²) in [5, 5.41) is 0.911. The molecule has 0 amide bonds. The summed E-state index contributed by atoms with van der Waals surface area (Å²) in [5.74, 6) is 0.116. The SMILES string of the molecule is CC(=CCOc1c2c(cc3occc13)O[C@@]1(C=C2)O[C@H](C)C(C)(C)O1)CCC1OC1(C)C. The first kappa shape index (κ1) is 21.6. The fraction of sp³-hybridized carbons (Fsp3) is 0.538. The highest BCUT2D eigenvalue weighted by Crippen LogP contribution is 2.47. The molecule has 4 heterocycles. The molecule has 2 fully saturated rings. The molecule has 0 saturated carbocycles. The third kappa shape index (κ3) is 3.85. The van der Waals surface area contributed by atoms with Crippen molar-refractivity contribution < 1.29 is 28.1 Å². The molecule has 3 aliphatic heterocycles. The van der Waals surface area contributed by atoms with Gasteiger partial charge in [0.05, 0.1) is 40.6 Å². The van der Waals surface area contributed by atoms with Crippen molar-refractivity contribution in [2.24, 2.45) is 0 Å². The third-order valence-electron chi connectivity index (χ3n) is 6.77. The van der Waals surface area contributed by atoms with Crippen LogP contribution in [0.1, 0.15) is 59.9 Å². The number of fused-ring (bicyclic) bond motifs is 2. The van der Waals surface area contributed by atoms with Gasteiger partial charge in [-0.25, -0.2) is 0 Å². The van der Waals surface area contributed by atoms with Crippen LogP contribution in [0.5, 0.6) is 11.5 Å². The van der Waals surface area contributed by atoms with E-state index in [0.717, 1.165) is 29.5 Å². The summed E-state index contributed by atoms with van der Waals surface area (Å²) < 4.78 is 36.0. The number of furan rings is 1. The molecule has 5 rings (SSSR count). The van der Waals surface area contributed by atoms with E-state index < -0.39 is 11.6 Å². The standard InChI is InChI=1S/C26H32O6/c1-16(7-8-22-25(5,6)31-22)10-13-28-23-18-9-12-26(29-17(2)24(3,4)32-26)30-21(18)15-20-19(23)11-14-27-20/h9-12,14-15,17,22H,7-8,13H2,1-6H3/t17-,22?,26-/m1/s1. The van der Waals surface area contributed by atoms with Gasteiger partial charge in [0.2, 0.25) is 0 Å². The lowest BCUT2D eigenvalue weighted by Gasteiger charge is -2.30. The van der Waals surface area contributed by atoms with Crippen LogP contribution in [0, 0.1) is 0 Å². The van der Waals surface area contributed by atoms with Crippen LogP contribution >= 0.6 is 0 Å². The molecule has 6 heteroatoms. The van der Waals surface area contributed by atoms with Gasteiger partial charge in [0, 0.05) is 12.1 Å². The van der Waals surface area contributed by atoms with E-state index in [1.54, 1.807) is 6.26 Å². The molecule has 2 saturated heterocycles. The van der Waals surface area contributed by atoms with Crippen molar-refractivity contribution in [1.82, 2.24) is 0 Å². The van der Waals surface area contributed by atoms with Gasteiger partial charge in [-0.05, 0) is 72.6 Å². The minimum atomic E-state index is -1.23. The van der Waals surface area contributed by atoms with Gasteiger partial charge in [0.1, 0.15) is 23.7 Å². The molecule has 1 spiro atoms. The molecule has 0 aliphatic carbocycles. The number of allylic oxidation sites excluding steroid dienone is 1. The number of hydrogen-bond acceptors (Lipinski definition) is 6. The second kappa shape index (κ2) is 7.37. The zero-order valence-corrected chi connectivity index (χ0v) is 19.7. The maximum Gasteiger partial charge on any atom is 0.350 e. The van der Waals surface area contributed by atoms with Gasteiger partial charge in [-0.1, -0.05) is 5.57 Å². The maximum absolute atomic E-state index is 6.24. The number of benzene rings is 1. The lowest BCUT2D eigenvalue weighted by atomic mass is 10.0. The Labute approximate surface area is 189 Å². The Morgan fingerprint density at radius 3 is 2.62 bits per heavy atom. The van der Waals surface area contributed by atoms with Crippen LogP contribution < -0.4 is 9.47 Å². The first-order valence-electron chi connectivity index (χ1n) is 11.4. The molecule has 1 aromatic heterocycles. The first-order chi connectivity index (χ1) is 15.1. The normalized spacial score (nSPS) is 29.9. The predicted octanol–water partition coefficient (Wildman–Crippen LogP) is 5.99. The second-order valence-corrected chi connectivity index (χ2v) is 10.1. The Bertz CT molecular complexity index is 1090. The fourth-order valence-corrected chi connectivity index (χ4v) is 4.29. The van der Waals surface area contributed by atoms with Crippen molar-refractivity contribution in [3.05, 3.63) is 41.7 Å². The lowest BCUT2D eigenvalue weighted by Crippen LogP contribution is -2.38. The Kier molecular flexibility index (Phi) is 4.97. The molecule has 2 aromatic rings. The number of hydrogen-bond donors (Lipinski definition) is 0. The summed E-state index contributed by atoms with van der Waals surface area (Å²) in [6.45, 7) is 12.8. The molecule has 6 nitrogen and oxygen atoms in total. The van der Waals surface area contributed by atoms with Crippen molar-refractivity contribution in [1.29, 1.82) is 0 Å². The molecule has 0 N–H and O–H groups in total. The van der Waals surface area contributed by atoms with Crippen molar-refractivity contribution in [2.75, 3.05) is 6.61 Å². The Balaban J connectivity index is 1.34. The summed E-state index contributed by atoms with van der Waals surface area (Å²) >= 11 is 0. The fourth-order valence-electron chi connectivity index (χ4n) is 4.29. The monoisotopic (exact) mass is 440 g/mol. The summed E-state index contributed by atoms with van der Waals surface area (Å²) in [5.41, 5.74) is 2.42. The van der Waals surface area contributed by atoms with E-state index in [1.165, 1.54) is 5.57 Å². The predicted molar refractivity (Wildman–Crippen MR) is 122 cm³/mol. The van der Waals surface area contributed by atoms with Crippen molar-refractivity contribution >= 4 is 17.0 Å². The quantitative estimate of drug-likeness (QED) is 0.406. The van der Waals surface area contributed by atoms with Crippen LogP contribution in [0.2, 0.25) is 0 Å². The average Bonchev–Trinajstić information content (AvgIpc) is 3.01. The molecule has 0 radical (unpaired) electrons. The van der Waals surface area contributed by atoms with Crippen molar-refractivity contribution in [2.45, 2.75) is 83.8 Å². The molecular formula is C26H32O6. The third-order valence-corrected chi connectivity index (χ3v) is 6.77. The molecule has 172 valence electrons. The van der Waals surface area contributed by atoms with Gasteiger partial charge < -0.3 is 28.1 Å². The van der Waals surface area contributed by atoms with Gasteiger partial charge in [-0.15, -0.1) is 0 Å². The van der Waals surface area contributed by atoms with E-state index in [2.05, 4.69) is 26.8 Å². The van der Waals surface area contributed by atoms with E-state index in [9.17, 15) is 0 Å². The second-order valence-electron chi connectivity index (χ2n) is 10.1. The van der Waals surface area contributed by atoms with E-state index in [4.69, 9.17) is 28.1 Å². The summed E-state index contributed by atoms with van der Waals surface area (Å²) in [6, 6.07) is 3.78. The van der Waals surface area contributed by atoms with E-state index in [1.807, 2.05) is 45.1 Å². The Hall–Kier alpha value is -2.28. The molecule has 32 heavy (non-hydrogen) atoms. The minimum Gasteiger partial charge on any atom is -0.488 e. The molecule has 3 atom stereocenters. The van der Waals surface area contributed by atoms with Crippen LogP contribution in [0.25, 0.3) is 17.0 Å². The van der Waals surface area contributed by atoms with Gasteiger partial charge in [0.15, 0.2) is 0 Å². The summed E-state index contributed by atoms with van der Waals surface area (Å²) in [6.07, 6.45) is 9.85. The average molecular weight is 441 g/mol. The maximum atomic E-state index is 6.24. The van der Waals surface area contributed by atoms with E-state index >= 15 is 0 Å². The topological polar surface area (TPSA) is 62.6 Å². The Morgan fingerprint density at radius 2 is 1.94 bits per heavy atom. The molecule has 1 aromatic carbocycles. The largest absolute Gasteiger partial charge is 0.488 e. The molecule has 0 bridgehead atoms. The lowest BCUT2D eigenvalue weighted by molar-refractivity contribution is -0.269. The van der Waals surface area contributed by atoms with E-state index in [-0.39, 0.29) is 11.7 Å². The van der Waals surface area contributed by atoms with Crippen LogP contribution in [0.3, 0.4) is 0 Å². The van der Waals surface area contributed by atoms with Crippen molar-refractivity contribution in [3.8, 4) is 11.5 Å². The van der Waals surface area contributed by atoms with Crippen LogP contribution in [0.4, 0.5) is 0 Å². The van der Waals surface area contributed by atoms with E-state index in [0.29, 0.717) is 24.0 Å². The molecular weight excluding hydrogens is 408 g/mol. The first-order valence-corrected chi connectivity index (χ1v) is 11.4. The highest BCUT2D eigenvalue weighted by atomic mass is 16.9. The van der Waals surface area contributed by atoms with Gasteiger partial charge in [-0.2, -0.15) is 0 Å². The van der Waals surface area contributed by atoms with Crippen LogP contribution in [0.15, 0.2) is 40.5 Å². The highest BCUT2D eigenvalue weighted by molar-refractivity contribution is 5.91. The minimum absolute atomic E-state index is 0.0379. The number of ether oxygens (including phenoxy) is 5. The summed E-state index contributed by atoms with van der Waals surface area (Å²) in [4.78, 5) is 0. The molecule has 1 unspecified atom stereocenters. The van der Waals surface area contributed by atoms with Gasteiger partial charge in [-0.3, -0.25) is 0 Å². The smallest absolute Gasteiger partial charge is 0.350 e. The number of epoxide rings is 1. The van der Waals surface area contributed by atoms with Crippen molar-refractivity contribution in [3.63, 3.8) is 0 Å².